The lowest BCUT2D eigenvalue weighted by Crippen LogP contribution is -2.55. The van der Waals surface area contributed by atoms with Crippen LogP contribution < -0.4 is 0 Å². The maximum Gasteiger partial charge on any atom is 0.222 e. The Balaban J connectivity index is 1.40. The average molecular weight is 373 g/mol. The molecule has 1 aliphatic carbocycles. The summed E-state index contributed by atoms with van der Waals surface area (Å²) in [7, 11) is 1.66. The predicted molar refractivity (Wildman–Crippen MR) is 103 cm³/mol. The molecule has 3 aliphatic rings. The zero-order valence-corrected chi connectivity index (χ0v) is 16.5. The minimum Gasteiger partial charge on any atom is -0.377 e. The number of ether oxygens (including phenoxy) is 1. The molecule has 0 radical (unpaired) electrons. The first-order chi connectivity index (χ1) is 13.2. The van der Waals surface area contributed by atoms with Crippen molar-refractivity contribution in [3.05, 3.63) is 23.8 Å². The third-order valence-electron chi connectivity index (χ3n) is 6.64. The highest BCUT2D eigenvalue weighted by Gasteiger charge is 2.43. The molecule has 2 saturated heterocycles. The van der Waals surface area contributed by atoms with Crippen LogP contribution in [0, 0.1) is 5.41 Å². The van der Waals surface area contributed by atoms with Gasteiger partial charge in [0.2, 0.25) is 5.91 Å². The monoisotopic (exact) mass is 372 g/mol. The van der Waals surface area contributed by atoms with E-state index in [2.05, 4.69) is 19.8 Å². The molecule has 1 spiro atoms. The number of methoxy groups -OCH3 is 1. The molecule has 27 heavy (non-hydrogen) atoms. The van der Waals surface area contributed by atoms with Gasteiger partial charge in [-0.25, -0.2) is 9.97 Å². The van der Waals surface area contributed by atoms with Gasteiger partial charge < -0.3 is 9.64 Å². The first-order valence-electron chi connectivity index (χ1n) is 10.5. The van der Waals surface area contributed by atoms with Gasteiger partial charge in [-0.15, -0.1) is 0 Å². The molecular weight excluding hydrogens is 340 g/mol. The number of aromatic nitrogens is 2. The van der Waals surface area contributed by atoms with Crippen LogP contribution in [0.3, 0.4) is 0 Å². The predicted octanol–water partition coefficient (Wildman–Crippen LogP) is 2.77. The topological polar surface area (TPSA) is 58.6 Å². The Kier molecular flexibility index (Phi) is 5.74. The Hall–Kier alpha value is -1.53. The Labute approximate surface area is 162 Å². The quantitative estimate of drug-likeness (QED) is 0.795. The van der Waals surface area contributed by atoms with Gasteiger partial charge in [-0.2, -0.15) is 0 Å². The van der Waals surface area contributed by atoms with Gasteiger partial charge in [0.1, 0.15) is 6.61 Å². The largest absolute Gasteiger partial charge is 0.377 e. The Morgan fingerprint density at radius 3 is 2.67 bits per heavy atom. The number of amides is 1. The number of piperidine rings is 2. The van der Waals surface area contributed by atoms with Crippen molar-refractivity contribution in [3.8, 4) is 0 Å². The molecule has 1 unspecified atom stereocenters. The lowest BCUT2D eigenvalue weighted by atomic mass is 9.73. The molecule has 4 rings (SSSR count). The molecule has 0 bridgehead atoms. The Morgan fingerprint density at radius 1 is 1.15 bits per heavy atom. The molecule has 3 fully saturated rings. The molecule has 1 aromatic rings. The van der Waals surface area contributed by atoms with E-state index >= 15 is 0 Å². The summed E-state index contributed by atoms with van der Waals surface area (Å²) in [5, 5.41) is 0. The Morgan fingerprint density at radius 2 is 1.93 bits per heavy atom. The molecule has 6 heteroatoms. The normalized spacial score (nSPS) is 27.6. The third-order valence-corrected chi connectivity index (χ3v) is 6.64. The molecule has 148 valence electrons. The van der Waals surface area contributed by atoms with Crippen LogP contribution in [-0.2, 0) is 22.7 Å². The number of hydrogen-bond donors (Lipinski definition) is 0. The van der Waals surface area contributed by atoms with E-state index in [9.17, 15) is 4.79 Å². The zero-order chi connectivity index (χ0) is 18.7. The summed E-state index contributed by atoms with van der Waals surface area (Å²) in [6.45, 7) is 4.53. The third kappa shape index (κ3) is 4.32. The fourth-order valence-corrected chi connectivity index (χ4v) is 5.30. The van der Waals surface area contributed by atoms with Gasteiger partial charge in [-0.3, -0.25) is 9.69 Å². The second-order valence-corrected chi connectivity index (χ2v) is 8.71. The first-order valence-corrected chi connectivity index (χ1v) is 10.5. The summed E-state index contributed by atoms with van der Waals surface area (Å²) in [5.41, 5.74) is 1.44. The van der Waals surface area contributed by atoms with Crippen molar-refractivity contribution in [2.24, 2.45) is 5.41 Å². The maximum atomic E-state index is 12.6. The number of carbonyl (C=O) groups excluding carboxylic acids is 1. The van der Waals surface area contributed by atoms with Gasteiger partial charge in [0.05, 0.1) is 0 Å². The molecule has 1 saturated carbocycles. The smallest absolute Gasteiger partial charge is 0.222 e. The van der Waals surface area contributed by atoms with Crippen LogP contribution in [0.1, 0.15) is 62.8 Å². The lowest BCUT2D eigenvalue weighted by molar-refractivity contribution is -0.142. The van der Waals surface area contributed by atoms with Crippen LogP contribution in [0.25, 0.3) is 0 Å². The van der Waals surface area contributed by atoms with Crippen molar-refractivity contribution in [2.75, 3.05) is 26.7 Å². The fourth-order valence-electron chi connectivity index (χ4n) is 5.30. The van der Waals surface area contributed by atoms with Crippen molar-refractivity contribution in [3.63, 3.8) is 0 Å². The highest BCUT2D eigenvalue weighted by Crippen LogP contribution is 2.41. The van der Waals surface area contributed by atoms with Crippen LogP contribution in [-0.4, -0.2) is 58.5 Å². The number of hydrogen-bond acceptors (Lipinski definition) is 5. The maximum absolute atomic E-state index is 12.6. The number of nitrogens with zero attached hydrogens (tertiary/aromatic N) is 4. The highest BCUT2D eigenvalue weighted by molar-refractivity contribution is 5.77. The van der Waals surface area contributed by atoms with Crippen molar-refractivity contribution < 1.29 is 9.53 Å². The van der Waals surface area contributed by atoms with Crippen molar-refractivity contribution in [2.45, 2.75) is 70.6 Å². The minimum absolute atomic E-state index is 0.283. The average Bonchev–Trinajstić information content (AvgIpc) is 3.21. The van der Waals surface area contributed by atoms with E-state index in [4.69, 9.17) is 4.74 Å². The molecule has 3 heterocycles. The summed E-state index contributed by atoms with van der Waals surface area (Å²) < 4.78 is 5.09. The molecule has 1 aromatic heterocycles. The second kappa shape index (κ2) is 8.23. The van der Waals surface area contributed by atoms with E-state index in [1.165, 1.54) is 38.5 Å². The van der Waals surface area contributed by atoms with Crippen LogP contribution in [0.2, 0.25) is 0 Å². The molecule has 0 aromatic carbocycles. The molecule has 1 amide bonds. The molecule has 0 N–H and O–H groups in total. The van der Waals surface area contributed by atoms with Gasteiger partial charge in [0.15, 0.2) is 5.82 Å². The van der Waals surface area contributed by atoms with E-state index in [1.54, 1.807) is 7.11 Å². The van der Waals surface area contributed by atoms with Gasteiger partial charge >= 0.3 is 0 Å². The van der Waals surface area contributed by atoms with E-state index in [0.717, 1.165) is 50.4 Å². The van der Waals surface area contributed by atoms with Crippen molar-refractivity contribution in [1.82, 2.24) is 19.8 Å². The van der Waals surface area contributed by atoms with Gasteiger partial charge in [0, 0.05) is 62.6 Å². The van der Waals surface area contributed by atoms with Gasteiger partial charge in [-0.05, 0) is 38.6 Å². The minimum atomic E-state index is 0.283. The standard InChI is InChI=1S/C21H32N4O2/c1-27-14-19-22-11-17(12-23-19)13-24-10-4-8-21(15-24)9-7-20(26)25(16-21)18-5-2-3-6-18/h11-12,18H,2-10,13-16H2,1H3. The number of carbonyl (C=O) groups is 1. The van der Waals surface area contributed by atoms with E-state index < -0.39 is 0 Å². The summed E-state index contributed by atoms with van der Waals surface area (Å²) in [6, 6.07) is 0.506. The van der Waals surface area contributed by atoms with Crippen molar-refractivity contribution >= 4 is 5.91 Å². The van der Waals surface area contributed by atoms with Crippen LogP contribution >= 0.6 is 0 Å². The zero-order valence-electron chi connectivity index (χ0n) is 16.5. The van der Waals surface area contributed by atoms with Crippen LogP contribution in [0.5, 0.6) is 0 Å². The summed E-state index contributed by atoms with van der Waals surface area (Å²) in [4.78, 5) is 26.1. The molecule has 2 aliphatic heterocycles. The van der Waals surface area contributed by atoms with Gasteiger partial charge in [-0.1, -0.05) is 12.8 Å². The first kappa shape index (κ1) is 18.8. The van der Waals surface area contributed by atoms with E-state index in [-0.39, 0.29) is 5.41 Å². The summed E-state index contributed by atoms with van der Waals surface area (Å²) in [6.07, 6.45) is 13.1. The second-order valence-electron chi connectivity index (χ2n) is 8.71. The lowest BCUT2D eigenvalue weighted by Gasteiger charge is -2.49. The Bertz CT molecular complexity index is 644. The highest BCUT2D eigenvalue weighted by atomic mass is 16.5. The summed E-state index contributed by atoms with van der Waals surface area (Å²) >= 11 is 0. The number of likely N-dealkylation sites (tertiary alicyclic amines) is 2. The SMILES string of the molecule is COCc1ncc(CN2CCCC3(CCC(=O)N(C4CCCC4)C3)C2)cn1. The van der Waals surface area contributed by atoms with E-state index in [0.29, 0.717) is 18.6 Å². The van der Waals surface area contributed by atoms with Gasteiger partial charge in [0.25, 0.3) is 0 Å². The fraction of sp³-hybridized carbons (Fsp3) is 0.762. The molecule has 1 atom stereocenters. The van der Waals surface area contributed by atoms with Crippen molar-refractivity contribution in [1.29, 1.82) is 0 Å². The van der Waals surface area contributed by atoms with E-state index in [1.807, 2.05) is 12.4 Å². The summed E-state index contributed by atoms with van der Waals surface area (Å²) in [5.74, 6) is 1.13. The molecule has 6 nitrogen and oxygen atoms in total. The van der Waals surface area contributed by atoms with Crippen LogP contribution in [0.15, 0.2) is 12.4 Å². The number of rotatable bonds is 5. The van der Waals surface area contributed by atoms with Crippen LogP contribution in [0.4, 0.5) is 0 Å². The molecular formula is C21H32N4O2.